The fraction of sp³-hybridized carbons (Fsp3) is 0.625. The van der Waals surface area contributed by atoms with Gasteiger partial charge in [-0.15, -0.1) is 0 Å². The van der Waals surface area contributed by atoms with Crippen LogP contribution >= 0.6 is 0 Å². The zero-order valence-electron chi connectivity index (χ0n) is 12.5. The predicted molar refractivity (Wildman–Crippen MR) is 81.5 cm³/mol. The Kier molecular flexibility index (Phi) is 5.37. The van der Waals surface area contributed by atoms with E-state index in [1.54, 1.807) is 0 Å². The van der Waals surface area contributed by atoms with E-state index < -0.39 is 0 Å². The molecule has 1 aliphatic heterocycles. The van der Waals surface area contributed by atoms with Gasteiger partial charge in [0.15, 0.2) is 0 Å². The van der Waals surface area contributed by atoms with Crippen molar-refractivity contribution in [3.8, 4) is 0 Å². The molecule has 1 atom stereocenters. The van der Waals surface area contributed by atoms with Gasteiger partial charge >= 0.3 is 0 Å². The van der Waals surface area contributed by atoms with Crippen molar-refractivity contribution in [2.45, 2.75) is 19.9 Å². The summed E-state index contributed by atoms with van der Waals surface area (Å²) in [6.45, 7) is 11.4. The Morgan fingerprint density at radius 2 is 1.74 bits per heavy atom. The topological polar surface area (TPSA) is 18.5 Å². The molecule has 1 aromatic carbocycles. The highest BCUT2D eigenvalue weighted by Crippen LogP contribution is 2.12. The molecule has 0 amide bonds. The number of benzene rings is 1. The number of likely N-dealkylation sites (N-methyl/N-ethyl adjacent to an activating group) is 1. The molecule has 0 spiro atoms. The zero-order chi connectivity index (χ0) is 13.7. The molecule has 1 heterocycles. The summed E-state index contributed by atoms with van der Waals surface area (Å²) in [7, 11) is 2.20. The fourth-order valence-electron chi connectivity index (χ4n) is 2.48. The molecule has 1 aromatic rings. The third-order valence-corrected chi connectivity index (χ3v) is 4.05. The number of hydrogen-bond donors (Lipinski definition) is 1. The summed E-state index contributed by atoms with van der Waals surface area (Å²) in [5.41, 5.74) is 2.71. The summed E-state index contributed by atoms with van der Waals surface area (Å²) < 4.78 is 0. The van der Waals surface area contributed by atoms with E-state index >= 15 is 0 Å². The van der Waals surface area contributed by atoms with E-state index in [1.807, 2.05) is 0 Å². The molecule has 2 rings (SSSR count). The molecule has 0 unspecified atom stereocenters. The van der Waals surface area contributed by atoms with Crippen LogP contribution in [0.15, 0.2) is 24.3 Å². The summed E-state index contributed by atoms with van der Waals surface area (Å²) in [5.74, 6) is 0. The summed E-state index contributed by atoms with van der Waals surface area (Å²) in [5, 5.41) is 3.62. The lowest BCUT2D eigenvalue weighted by molar-refractivity contribution is 0.154. The van der Waals surface area contributed by atoms with E-state index in [0.29, 0.717) is 6.04 Å². The van der Waals surface area contributed by atoms with Crippen molar-refractivity contribution < 1.29 is 0 Å². The first-order valence-corrected chi connectivity index (χ1v) is 7.36. The Labute approximate surface area is 117 Å². The second-order valence-corrected chi connectivity index (χ2v) is 5.73. The summed E-state index contributed by atoms with van der Waals surface area (Å²) in [6, 6.07) is 9.27. The van der Waals surface area contributed by atoms with Gasteiger partial charge in [0, 0.05) is 45.3 Å². The lowest BCUT2D eigenvalue weighted by Crippen LogP contribution is -2.46. The molecule has 1 saturated heterocycles. The second kappa shape index (κ2) is 7.04. The Hall–Kier alpha value is -0.900. The number of piperazine rings is 1. The van der Waals surface area contributed by atoms with Crippen LogP contribution in [-0.2, 0) is 0 Å². The van der Waals surface area contributed by atoms with Crippen LogP contribution in [0.1, 0.15) is 24.1 Å². The summed E-state index contributed by atoms with van der Waals surface area (Å²) in [6.07, 6.45) is 0. The highest BCUT2D eigenvalue weighted by atomic mass is 15.2. The maximum atomic E-state index is 3.62. The standard InChI is InChI=1S/C16H27N3/c1-14-4-6-16(7-5-14)15(2)17-8-9-19-12-10-18(3)11-13-19/h4-7,15,17H,8-13H2,1-3H3/t15-/m1/s1. The van der Waals surface area contributed by atoms with Crippen LogP contribution in [0.5, 0.6) is 0 Å². The number of nitrogens with zero attached hydrogens (tertiary/aromatic N) is 2. The maximum Gasteiger partial charge on any atom is 0.0292 e. The van der Waals surface area contributed by atoms with E-state index in [4.69, 9.17) is 0 Å². The van der Waals surface area contributed by atoms with Crippen LogP contribution in [0.3, 0.4) is 0 Å². The lowest BCUT2D eigenvalue weighted by Gasteiger charge is -2.32. The smallest absolute Gasteiger partial charge is 0.0292 e. The highest BCUT2D eigenvalue weighted by molar-refractivity contribution is 5.23. The van der Waals surface area contributed by atoms with Crippen molar-refractivity contribution in [2.75, 3.05) is 46.3 Å². The Morgan fingerprint density at radius 3 is 2.37 bits per heavy atom. The van der Waals surface area contributed by atoms with Crippen molar-refractivity contribution in [3.05, 3.63) is 35.4 Å². The lowest BCUT2D eigenvalue weighted by atomic mass is 10.1. The van der Waals surface area contributed by atoms with Crippen LogP contribution in [0.2, 0.25) is 0 Å². The van der Waals surface area contributed by atoms with Gasteiger partial charge < -0.3 is 10.2 Å². The van der Waals surface area contributed by atoms with E-state index in [1.165, 1.54) is 37.3 Å². The molecule has 0 aliphatic carbocycles. The first kappa shape index (κ1) is 14.5. The molecule has 0 bridgehead atoms. The van der Waals surface area contributed by atoms with Crippen molar-refractivity contribution in [3.63, 3.8) is 0 Å². The van der Waals surface area contributed by atoms with Crippen LogP contribution in [0, 0.1) is 6.92 Å². The maximum absolute atomic E-state index is 3.62. The summed E-state index contributed by atoms with van der Waals surface area (Å²) in [4.78, 5) is 4.95. The number of hydrogen-bond acceptors (Lipinski definition) is 3. The molecule has 1 aliphatic rings. The molecular formula is C16H27N3. The molecule has 1 fully saturated rings. The molecule has 1 N–H and O–H groups in total. The second-order valence-electron chi connectivity index (χ2n) is 5.73. The van der Waals surface area contributed by atoms with Gasteiger partial charge in [-0.3, -0.25) is 4.90 Å². The molecule has 19 heavy (non-hydrogen) atoms. The number of rotatable bonds is 5. The minimum atomic E-state index is 0.438. The molecular weight excluding hydrogens is 234 g/mol. The average Bonchev–Trinajstić information content (AvgIpc) is 2.41. The highest BCUT2D eigenvalue weighted by Gasteiger charge is 2.13. The Bertz CT molecular complexity index is 366. The fourth-order valence-corrected chi connectivity index (χ4v) is 2.48. The Balaban J connectivity index is 1.69. The van der Waals surface area contributed by atoms with Gasteiger partial charge in [0.1, 0.15) is 0 Å². The minimum absolute atomic E-state index is 0.438. The van der Waals surface area contributed by atoms with E-state index in [-0.39, 0.29) is 0 Å². The SMILES string of the molecule is Cc1ccc([C@@H](C)NCCN2CCN(C)CC2)cc1. The molecule has 0 radical (unpaired) electrons. The third kappa shape index (κ3) is 4.60. The largest absolute Gasteiger partial charge is 0.309 e. The van der Waals surface area contributed by atoms with E-state index in [9.17, 15) is 0 Å². The van der Waals surface area contributed by atoms with Crippen molar-refractivity contribution in [2.24, 2.45) is 0 Å². The molecule has 0 saturated carbocycles. The van der Waals surface area contributed by atoms with Gasteiger partial charge in [0.05, 0.1) is 0 Å². The van der Waals surface area contributed by atoms with Crippen LogP contribution in [-0.4, -0.2) is 56.1 Å². The Morgan fingerprint density at radius 1 is 1.11 bits per heavy atom. The average molecular weight is 261 g/mol. The molecule has 106 valence electrons. The molecule has 0 aromatic heterocycles. The minimum Gasteiger partial charge on any atom is -0.309 e. The quantitative estimate of drug-likeness (QED) is 0.873. The number of nitrogens with one attached hydrogen (secondary N) is 1. The first-order chi connectivity index (χ1) is 9.15. The van der Waals surface area contributed by atoms with Gasteiger partial charge in [0.25, 0.3) is 0 Å². The van der Waals surface area contributed by atoms with Crippen LogP contribution in [0.25, 0.3) is 0 Å². The third-order valence-electron chi connectivity index (χ3n) is 4.05. The van der Waals surface area contributed by atoms with Crippen molar-refractivity contribution in [1.29, 1.82) is 0 Å². The number of aryl methyl sites for hydroxylation is 1. The molecule has 3 heteroatoms. The van der Waals surface area contributed by atoms with Crippen LogP contribution < -0.4 is 5.32 Å². The zero-order valence-corrected chi connectivity index (χ0v) is 12.5. The van der Waals surface area contributed by atoms with E-state index in [0.717, 1.165) is 13.1 Å². The van der Waals surface area contributed by atoms with Gasteiger partial charge in [0.2, 0.25) is 0 Å². The normalized spacial score (nSPS) is 19.5. The first-order valence-electron chi connectivity index (χ1n) is 7.36. The van der Waals surface area contributed by atoms with Gasteiger partial charge in [-0.2, -0.15) is 0 Å². The monoisotopic (exact) mass is 261 g/mol. The summed E-state index contributed by atoms with van der Waals surface area (Å²) >= 11 is 0. The van der Waals surface area contributed by atoms with Crippen LogP contribution in [0.4, 0.5) is 0 Å². The van der Waals surface area contributed by atoms with Crippen molar-refractivity contribution in [1.82, 2.24) is 15.1 Å². The van der Waals surface area contributed by atoms with Gasteiger partial charge in [-0.05, 0) is 26.5 Å². The van der Waals surface area contributed by atoms with Gasteiger partial charge in [-0.25, -0.2) is 0 Å². The molecule has 3 nitrogen and oxygen atoms in total. The van der Waals surface area contributed by atoms with Crippen molar-refractivity contribution >= 4 is 0 Å². The predicted octanol–water partition coefficient (Wildman–Crippen LogP) is 1.89. The van der Waals surface area contributed by atoms with E-state index in [2.05, 4.69) is 60.3 Å². The van der Waals surface area contributed by atoms with Gasteiger partial charge in [-0.1, -0.05) is 29.8 Å².